The molecule has 1 aliphatic rings. The van der Waals surface area contributed by atoms with Crippen LogP contribution in [-0.4, -0.2) is 68.7 Å². The Morgan fingerprint density at radius 2 is 1.83 bits per heavy atom. The van der Waals surface area contributed by atoms with Crippen LogP contribution in [0.4, 0.5) is 0 Å². The Hall–Kier alpha value is -1.04. The first kappa shape index (κ1) is 15.0. The summed E-state index contributed by atoms with van der Waals surface area (Å²) in [7, 11) is 0. The van der Waals surface area contributed by atoms with Crippen molar-refractivity contribution in [2.45, 2.75) is 30.6 Å². The van der Waals surface area contributed by atoms with E-state index in [0.717, 1.165) is 0 Å². The molecule has 1 heterocycles. The van der Waals surface area contributed by atoms with E-state index in [4.69, 9.17) is 33.5 Å². The van der Waals surface area contributed by atoms with E-state index in [-0.39, 0.29) is 11.1 Å². The predicted octanol–water partition coefficient (Wildman–Crippen LogP) is -4.07. The summed E-state index contributed by atoms with van der Waals surface area (Å²) in [6.45, 7) is -0.530. The summed E-state index contributed by atoms with van der Waals surface area (Å²) in [6.07, 6.45) is -6.54. The Labute approximate surface area is 108 Å². The minimum atomic E-state index is -1.49. The van der Waals surface area contributed by atoms with Crippen LogP contribution in [0, 0.1) is 0 Å². The molecule has 10 heteroatoms. The lowest BCUT2D eigenvalue weighted by Gasteiger charge is -2.40. The molecule has 0 radical (unpaired) electrons. The molecule has 1 aliphatic heterocycles. The smallest absolute Gasteiger partial charge is 0.198 e. The predicted molar refractivity (Wildman–Crippen MR) is 65.3 cm³/mol. The van der Waals surface area contributed by atoms with Crippen molar-refractivity contribution in [1.82, 2.24) is 5.32 Å². The van der Waals surface area contributed by atoms with Crippen molar-refractivity contribution in [2.24, 2.45) is 16.5 Å². The van der Waals surface area contributed by atoms with Crippen LogP contribution in [0.1, 0.15) is 0 Å². The summed E-state index contributed by atoms with van der Waals surface area (Å²) >= 11 is 4.75. The van der Waals surface area contributed by atoms with Crippen LogP contribution in [0.3, 0.4) is 0 Å². The number of aliphatic hydroxyl groups is 4. The van der Waals surface area contributed by atoms with Gasteiger partial charge in [0, 0.05) is 0 Å². The average Bonchev–Trinajstić information content (AvgIpc) is 2.29. The van der Waals surface area contributed by atoms with E-state index < -0.39 is 37.3 Å². The van der Waals surface area contributed by atoms with E-state index in [1.165, 1.54) is 0 Å². The fourth-order valence-electron chi connectivity index (χ4n) is 1.49. The van der Waals surface area contributed by atoms with Gasteiger partial charge >= 0.3 is 0 Å². The van der Waals surface area contributed by atoms with Crippen LogP contribution in [-0.2, 0) is 4.74 Å². The number of nitrogens with two attached hydrogens (primary N) is 2. The Balaban J connectivity index is 2.70. The number of guanidine groups is 1. The van der Waals surface area contributed by atoms with Crippen molar-refractivity contribution in [3.63, 3.8) is 0 Å². The zero-order chi connectivity index (χ0) is 13.9. The molecule has 5 atom stereocenters. The molecule has 1 fully saturated rings. The number of hydrogen-bond donors (Lipinski definition) is 7. The third-order valence-corrected chi connectivity index (χ3v) is 2.60. The normalized spacial score (nSPS) is 35.9. The lowest BCUT2D eigenvalue weighted by Crippen LogP contribution is -2.63. The second-order valence-corrected chi connectivity index (χ2v) is 4.12. The molecule has 1 saturated heterocycles. The molecular formula is C8H16N4O5S. The van der Waals surface area contributed by atoms with Crippen molar-refractivity contribution in [3.8, 4) is 0 Å². The van der Waals surface area contributed by atoms with Gasteiger partial charge in [0.25, 0.3) is 0 Å². The molecule has 0 aromatic carbocycles. The van der Waals surface area contributed by atoms with Crippen LogP contribution in [0.5, 0.6) is 0 Å². The van der Waals surface area contributed by atoms with Crippen LogP contribution >= 0.6 is 12.2 Å². The molecule has 0 bridgehead atoms. The first-order valence-electron chi connectivity index (χ1n) is 5.07. The Morgan fingerprint density at radius 3 is 2.33 bits per heavy atom. The van der Waals surface area contributed by atoms with Gasteiger partial charge in [0.2, 0.25) is 0 Å². The summed E-state index contributed by atoms with van der Waals surface area (Å²) < 4.78 is 5.12. The lowest BCUT2D eigenvalue weighted by atomic mass is 9.98. The van der Waals surface area contributed by atoms with E-state index in [1.54, 1.807) is 0 Å². The maximum Gasteiger partial charge on any atom is 0.198 e. The molecule has 0 amide bonds. The monoisotopic (exact) mass is 280 g/mol. The topological polar surface area (TPSA) is 167 Å². The van der Waals surface area contributed by atoms with Gasteiger partial charge in [0.1, 0.15) is 24.4 Å². The minimum Gasteiger partial charge on any atom is -0.394 e. The largest absolute Gasteiger partial charge is 0.394 e. The highest BCUT2D eigenvalue weighted by Gasteiger charge is 2.43. The van der Waals surface area contributed by atoms with E-state index in [9.17, 15) is 15.3 Å². The highest BCUT2D eigenvalue weighted by atomic mass is 32.1. The molecule has 0 aromatic rings. The first-order chi connectivity index (χ1) is 8.36. The Kier molecular flexibility index (Phi) is 5.19. The van der Waals surface area contributed by atoms with Crippen molar-refractivity contribution >= 4 is 23.3 Å². The average molecular weight is 280 g/mol. The third-order valence-electron chi connectivity index (χ3n) is 2.39. The summed E-state index contributed by atoms with van der Waals surface area (Å²) in [5.41, 5.74) is 10.2. The molecule has 104 valence electrons. The van der Waals surface area contributed by atoms with Crippen molar-refractivity contribution in [3.05, 3.63) is 0 Å². The van der Waals surface area contributed by atoms with Gasteiger partial charge in [-0.2, -0.15) is 4.99 Å². The number of aliphatic imine (C=N–C) groups is 1. The zero-order valence-electron chi connectivity index (χ0n) is 9.30. The van der Waals surface area contributed by atoms with Gasteiger partial charge < -0.3 is 41.9 Å². The SMILES string of the molecule is NC(N)=NC(=S)NC1OC(CO)[C@@H](O)C(O)[C@H]1O. The van der Waals surface area contributed by atoms with Crippen molar-refractivity contribution < 1.29 is 25.2 Å². The lowest BCUT2D eigenvalue weighted by molar-refractivity contribution is -0.232. The second kappa shape index (κ2) is 6.22. The third kappa shape index (κ3) is 3.48. The van der Waals surface area contributed by atoms with Crippen LogP contribution in [0.25, 0.3) is 0 Å². The van der Waals surface area contributed by atoms with Crippen LogP contribution in [0.15, 0.2) is 4.99 Å². The van der Waals surface area contributed by atoms with Gasteiger partial charge in [0.05, 0.1) is 6.61 Å². The fourth-order valence-corrected chi connectivity index (χ4v) is 1.71. The van der Waals surface area contributed by atoms with Gasteiger partial charge in [-0.1, -0.05) is 0 Å². The number of nitrogens with one attached hydrogen (secondary N) is 1. The summed E-state index contributed by atoms with van der Waals surface area (Å²) in [4.78, 5) is 3.50. The van der Waals surface area contributed by atoms with Gasteiger partial charge in [-0.25, -0.2) is 0 Å². The highest BCUT2D eigenvalue weighted by molar-refractivity contribution is 7.80. The summed E-state index contributed by atoms with van der Waals surface area (Å²) in [5.74, 6) is -0.280. The van der Waals surface area contributed by atoms with Crippen molar-refractivity contribution in [1.29, 1.82) is 0 Å². The molecule has 0 spiro atoms. The highest BCUT2D eigenvalue weighted by Crippen LogP contribution is 2.19. The molecule has 1 rings (SSSR count). The van der Waals surface area contributed by atoms with Crippen LogP contribution < -0.4 is 16.8 Å². The first-order valence-corrected chi connectivity index (χ1v) is 5.48. The molecule has 9 nitrogen and oxygen atoms in total. The van der Waals surface area contributed by atoms with E-state index in [2.05, 4.69) is 10.3 Å². The van der Waals surface area contributed by atoms with Crippen LogP contribution in [0.2, 0.25) is 0 Å². The fraction of sp³-hybridized carbons (Fsp3) is 0.750. The van der Waals surface area contributed by atoms with E-state index in [0.29, 0.717) is 0 Å². The minimum absolute atomic E-state index is 0.153. The number of aliphatic hydroxyl groups excluding tert-OH is 4. The molecular weight excluding hydrogens is 264 g/mol. The van der Waals surface area contributed by atoms with E-state index in [1.807, 2.05) is 0 Å². The number of nitrogens with zero attached hydrogens (tertiary/aromatic N) is 1. The van der Waals surface area contributed by atoms with Gasteiger partial charge in [-0.05, 0) is 12.2 Å². The molecule has 18 heavy (non-hydrogen) atoms. The van der Waals surface area contributed by atoms with Gasteiger partial charge in [0.15, 0.2) is 17.3 Å². The quantitative estimate of drug-likeness (QED) is 0.151. The Bertz CT molecular complexity index is 335. The van der Waals surface area contributed by atoms with Gasteiger partial charge in [-0.15, -0.1) is 0 Å². The molecule has 9 N–H and O–H groups in total. The summed E-state index contributed by atoms with van der Waals surface area (Å²) in [5, 5.41) is 39.9. The van der Waals surface area contributed by atoms with Crippen molar-refractivity contribution in [2.75, 3.05) is 6.61 Å². The molecule has 3 unspecified atom stereocenters. The zero-order valence-corrected chi connectivity index (χ0v) is 10.1. The van der Waals surface area contributed by atoms with E-state index >= 15 is 0 Å². The standard InChI is InChI=1S/C8H16N4O5S/c9-7(10)12-8(18)11-6-5(16)4(15)3(14)2(1-13)17-6/h2-6,13-16H,1H2,(H5,9,10,11,12,18)/t2?,3-,4?,5-,6?/m1/s1. The Morgan fingerprint density at radius 1 is 1.22 bits per heavy atom. The second-order valence-electron chi connectivity index (χ2n) is 3.74. The summed E-state index contributed by atoms with van der Waals surface area (Å²) in [6, 6.07) is 0. The number of ether oxygens (including phenoxy) is 1. The molecule has 0 aliphatic carbocycles. The number of rotatable bonds is 2. The molecule has 0 aromatic heterocycles. The maximum absolute atomic E-state index is 9.65. The molecule has 0 saturated carbocycles. The number of thiocarbonyl (C=S) groups is 1. The number of hydrogen-bond acceptors (Lipinski definition) is 6. The maximum atomic E-state index is 9.65. The van der Waals surface area contributed by atoms with Gasteiger partial charge in [-0.3, -0.25) is 0 Å².